The van der Waals surface area contributed by atoms with E-state index in [1.165, 1.54) is 0 Å². The molecule has 1 fully saturated rings. The predicted octanol–water partition coefficient (Wildman–Crippen LogP) is 3.67. The summed E-state index contributed by atoms with van der Waals surface area (Å²) in [5, 5.41) is 2.88. The van der Waals surface area contributed by atoms with Crippen LogP contribution in [0.2, 0.25) is 0 Å². The lowest BCUT2D eigenvalue weighted by molar-refractivity contribution is 0.102. The first kappa shape index (κ1) is 15.5. The zero-order valence-corrected chi connectivity index (χ0v) is 14.1. The molecule has 1 aromatic heterocycles. The van der Waals surface area contributed by atoms with Gasteiger partial charge in [-0.25, -0.2) is 0 Å². The molecule has 0 bridgehead atoms. The van der Waals surface area contributed by atoms with E-state index in [4.69, 9.17) is 0 Å². The molecule has 3 rings (SSSR count). The van der Waals surface area contributed by atoms with Crippen LogP contribution in [0.1, 0.15) is 51.6 Å². The van der Waals surface area contributed by atoms with Gasteiger partial charge in [0.1, 0.15) is 5.56 Å². The third kappa shape index (κ3) is 3.07. The Hall–Kier alpha value is -2.36. The van der Waals surface area contributed by atoms with Crippen LogP contribution in [-0.4, -0.2) is 10.5 Å². The Bertz CT molecular complexity index is 825. The second kappa shape index (κ2) is 5.69. The van der Waals surface area contributed by atoms with Crippen LogP contribution >= 0.6 is 0 Å². The van der Waals surface area contributed by atoms with Gasteiger partial charge >= 0.3 is 0 Å². The molecule has 0 spiro atoms. The van der Waals surface area contributed by atoms with E-state index in [0.29, 0.717) is 0 Å². The minimum absolute atomic E-state index is 0.174. The van der Waals surface area contributed by atoms with Gasteiger partial charge in [-0.1, -0.05) is 6.07 Å². The average Bonchev–Trinajstić information content (AvgIpc) is 3.20. The number of nitrogens with zero attached hydrogens (tertiary/aromatic N) is 1. The van der Waals surface area contributed by atoms with Gasteiger partial charge in [-0.05, 0) is 75.4 Å². The van der Waals surface area contributed by atoms with Gasteiger partial charge in [0.2, 0.25) is 0 Å². The van der Waals surface area contributed by atoms with Crippen molar-refractivity contribution in [3.05, 3.63) is 62.6 Å². The van der Waals surface area contributed by atoms with Gasteiger partial charge in [-0.3, -0.25) is 9.59 Å². The van der Waals surface area contributed by atoms with Crippen molar-refractivity contribution in [1.82, 2.24) is 4.57 Å². The van der Waals surface area contributed by atoms with Crippen molar-refractivity contribution in [2.75, 3.05) is 5.32 Å². The molecule has 1 aliphatic rings. The van der Waals surface area contributed by atoms with Crippen molar-refractivity contribution in [2.24, 2.45) is 0 Å². The lowest BCUT2D eigenvalue weighted by atomic mass is 10.1. The van der Waals surface area contributed by atoms with E-state index in [0.717, 1.165) is 40.9 Å². The minimum atomic E-state index is -0.327. The first-order valence-electron chi connectivity index (χ1n) is 7.99. The summed E-state index contributed by atoms with van der Waals surface area (Å²) in [4.78, 5) is 25.4. The number of rotatable bonds is 3. The van der Waals surface area contributed by atoms with E-state index in [1.807, 2.05) is 52.0 Å². The number of anilines is 1. The molecule has 1 saturated carbocycles. The van der Waals surface area contributed by atoms with E-state index in [2.05, 4.69) is 5.32 Å². The fourth-order valence-corrected chi connectivity index (χ4v) is 3.21. The number of nitrogens with one attached hydrogen (secondary N) is 1. The number of amides is 1. The van der Waals surface area contributed by atoms with Gasteiger partial charge in [0, 0.05) is 17.4 Å². The summed E-state index contributed by atoms with van der Waals surface area (Å²) in [6.45, 7) is 7.72. The number of aromatic nitrogens is 1. The van der Waals surface area contributed by atoms with Crippen LogP contribution in [0.3, 0.4) is 0 Å². The Kier molecular flexibility index (Phi) is 3.84. The van der Waals surface area contributed by atoms with Crippen LogP contribution in [0.5, 0.6) is 0 Å². The van der Waals surface area contributed by atoms with Crippen LogP contribution in [0.15, 0.2) is 29.1 Å². The number of hydrogen-bond acceptors (Lipinski definition) is 2. The summed E-state index contributed by atoms with van der Waals surface area (Å²) in [5.74, 6) is -0.327. The maximum atomic E-state index is 12.8. The molecule has 1 aromatic carbocycles. The molecule has 0 atom stereocenters. The third-order valence-electron chi connectivity index (χ3n) is 4.25. The quantitative estimate of drug-likeness (QED) is 0.940. The van der Waals surface area contributed by atoms with Gasteiger partial charge in [0.15, 0.2) is 0 Å². The summed E-state index contributed by atoms with van der Waals surface area (Å²) in [6, 6.07) is 8.06. The van der Waals surface area contributed by atoms with Crippen LogP contribution in [0.25, 0.3) is 0 Å². The molecule has 0 unspecified atom stereocenters. The lowest BCUT2D eigenvalue weighted by Gasteiger charge is -2.14. The molecule has 4 heteroatoms. The van der Waals surface area contributed by atoms with Crippen LogP contribution in [0.4, 0.5) is 5.69 Å². The molecule has 4 nitrogen and oxygen atoms in total. The molecule has 23 heavy (non-hydrogen) atoms. The van der Waals surface area contributed by atoms with Gasteiger partial charge < -0.3 is 9.88 Å². The number of carbonyl (C=O) groups excluding carboxylic acids is 1. The molecular formula is C19H22N2O2. The summed E-state index contributed by atoms with van der Waals surface area (Å²) >= 11 is 0. The van der Waals surface area contributed by atoms with Crippen molar-refractivity contribution in [2.45, 2.75) is 46.6 Å². The molecule has 120 valence electrons. The molecule has 1 heterocycles. The number of aryl methyl sites for hydroxylation is 4. The highest BCUT2D eigenvalue weighted by Crippen LogP contribution is 2.34. The standard InChI is InChI=1S/C19H22N2O2/c1-11-7-12(2)9-15(8-11)20-18(22)17-13(3)10-14(4)21(19(17)23)16-5-6-16/h7-10,16H,5-6H2,1-4H3,(H,20,22). The van der Waals surface area contributed by atoms with Crippen molar-refractivity contribution < 1.29 is 4.79 Å². The number of pyridine rings is 1. The van der Waals surface area contributed by atoms with E-state index < -0.39 is 0 Å². The topological polar surface area (TPSA) is 51.1 Å². The second-order valence-electron chi connectivity index (χ2n) is 6.58. The maximum Gasteiger partial charge on any atom is 0.264 e. The normalized spacial score (nSPS) is 13.9. The fraction of sp³-hybridized carbons (Fsp3) is 0.368. The first-order valence-corrected chi connectivity index (χ1v) is 7.99. The van der Waals surface area contributed by atoms with Gasteiger partial charge in [-0.2, -0.15) is 0 Å². The van der Waals surface area contributed by atoms with E-state index in [-0.39, 0.29) is 23.1 Å². The molecule has 2 aromatic rings. The Balaban J connectivity index is 1.99. The largest absolute Gasteiger partial charge is 0.322 e. The Morgan fingerprint density at radius 3 is 2.22 bits per heavy atom. The zero-order valence-electron chi connectivity index (χ0n) is 14.1. The number of benzene rings is 1. The average molecular weight is 310 g/mol. The third-order valence-corrected chi connectivity index (χ3v) is 4.25. The van der Waals surface area contributed by atoms with E-state index >= 15 is 0 Å². The molecule has 1 amide bonds. The monoisotopic (exact) mass is 310 g/mol. The van der Waals surface area contributed by atoms with Crippen molar-refractivity contribution in [1.29, 1.82) is 0 Å². The summed E-state index contributed by atoms with van der Waals surface area (Å²) in [6.07, 6.45) is 2.03. The zero-order chi connectivity index (χ0) is 16.7. The molecule has 1 N–H and O–H groups in total. The smallest absolute Gasteiger partial charge is 0.264 e. The maximum absolute atomic E-state index is 12.8. The van der Waals surface area contributed by atoms with Gasteiger partial charge in [0.05, 0.1) is 0 Å². The minimum Gasteiger partial charge on any atom is -0.322 e. The van der Waals surface area contributed by atoms with Crippen LogP contribution < -0.4 is 10.9 Å². The predicted molar refractivity (Wildman–Crippen MR) is 92.3 cm³/mol. The SMILES string of the molecule is Cc1cc(C)cc(NC(=O)c2c(C)cc(C)n(C3CC3)c2=O)c1. The van der Waals surface area contributed by atoms with E-state index in [1.54, 1.807) is 4.57 Å². The van der Waals surface area contributed by atoms with Crippen LogP contribution in [0, 0.1) is 27.7 Å². The molecule has 0 saturated heterocycles. The molecule has 1 aliphatic carbocycles. The highest BCUT2D eigenvalue weighted by atomic mass is 16.2. The van der Waals surface area contributed by atoms with Crippen LogP contribution in [-0.2, 0) is 0 Å². The first-order chi connectivity index (χ1) is 10.9. The Labute approximate surface area is 136 Å². The van der Waals surface area contributed by atoms with Crippen molar-refractivity contribution >= 4 is 11.6 Å². The summed E-state index contributed by atoms with van der Waals surface area (Å²) in [7, 11) is 0. The molecular weight excluding hydrogens is 288 g/mol. The highest BCUT2D eigenvalue weighted by Gasteiger charge is 2.28. The van der Waals surface area contributed by atoms with Crippen molar-refractivity contribution in [3.63, 3.8) is 0 Å². The highest BCUT2D eigenvalue weighted by molar-refractivity contribution is 6.05. The summed E-state index contributed by atoms with van der Waals surface area (Å²) < 4.78 is 1.77. The van der Waals surface area contributed by atoms with Gasteiger partial charge in [0.25, 0.3) is 11.5 Å². The van der Waals surface area contributed by atoms with E-state index in [9.17, 15) is 9.59 Å². The molecule has 0 aliphatic heterocycles. The fourth-order valence-electron chi connectivity index (χ4n) is 3.21. The lowest BCUT2D eigenvalue weighted by Crippen LogP contribution is -2.31. The number of carbonyl (C=O) groups is 1. The molecule has 0 radical (unpaired) electrons. The van der Waals surface area contributed by atoms with Gasteiger partial charge in [-0.15, -0.1) is 0 Å². The Morgan fingerprint density at radius 1 is 1.04 bits per heavy atom. The second-order valence-corrected chi connectivity index (χ2v) is 6.58. The van der Waals surface area contributed by atoms with Crippen molar-refractivity contribution in [3.8, 4) is 0 Å². The Morgan fingerprint density at radius 2 is 1.65 bits per heavy atom. The number of hydrogen-bond donors (Lipinski definition) is 1. The summed E-state index contributed by atoms with van der Waals surface area (Å²) in [5.41, 5.74) is 4.62.